The summed E-state index contributed by atoms with van der Waals surface area (Å²) in [4.78, 5) is 35.1. The van der Waals surface area contributed by atoms with Crippen LogP contribution in [0.15, 0.2) is 54.7 Å². The van der Waals surface area contributed by atoms with Crippen LogP contribution in [0.3, 0.4) is 0 Å². The Hall–Kier alpha value is -4.67. The summed E-state index contributed by atoms with van der Waals surface area (Å²) in [5.74, 6) is 0.238. The number of fused-ring (bicyclic) bond motifs is 2. The van der Waals surface area contributed by atoms with Crippen molar-refractivity contribution in [1.29, 1.82) is 0 Å². The molecule has 1 aliphatic carbocycles. The standard InChI is InChI=1S/C31H35N7O4/c32-28-27-29(36-31(35-28)33-14-3-15-38-25-5-2-1-4-23(25)19-34-38)42-17-16-37(30(27)41)24-12-10-22(11-13-24)21-8-6-20(7-9-21)18-26(39)40/h1-2,4-5,10-13,19-21H,3,6-9,14-18H2,(H,39,40)(H3,32,33,35,36)/t20-,21-. The SMILES string of the molecule is Nc1nc(NCCCn2ncc3ccccc32)nc2c1C(=O)N(c1ccc([C@H]3CC[C@H](CC(=O)O)CC3)cc1)CCO2. The fourth-order valence-corrected chi connectivity index (χ4v) is 6.06. The topological polar surface area (TPSA) is 148 Å². The lowest BCUT2D eigenvalue weighted by Crippen LogP contribution is -2.32. The van der Waals surface area contributed by atoms with Gasteiger partial charge in [-0.2, -0.15) is 15.1 Å². The summed E-state index contributed by atoms with van der Waals surface area (Å²) in [6.45, 7) is 1.96. The van der Waals surface area contributed by atoms with Gasteiger partial charge in [0.05, 0.1) is 18.3 Å². The maximum absolute atomic E-state index is 13.6. The number of carbonyl (C=O) groups is 2. The molecule has 2 aromatic carbocycles. The maximum atomic E-state index is 13.6. The van der Waals surface area contributed by atoms with E-state index in [9.17, 15) is 9.59 Å². The van der Waals surface area contributed by atoms with Gasteiger partial charge in [-0.25, -0.2) is 0 Å². The molecule has 2 aromatic heterocycles. The van der Waals surface area contributed by atoms with E-state index in [1.165, 1.54) is 5.56 Å². The smallest absolute Gasteiger partial charge is 0.303 e. The highest BCUT2D eigenvalue weighted by Gasteiger charge is 2.30. The number of ether oxygens (including phenoxy) is 1. The van der Waals surface area contributed by atoms with E-state index < -0.39 is 5.97 Å². The van der Waals surface area contributed by atoms with Crippen molar-refractivity contribution < 1.29 is 19.4 Å². The van der Waals surface area contributed by atoms with E-state index >= 15 is 0 Å². The number of para-hydroxylation sites is 1. The van der Waals surface area contributed by atoms with Crippen molar-refractivity contribution in [2.24, 2.45) is 5.92 Å². The van der Waals surface area contributed by atoms with E-state index in [2.05, 4.69) is 38.6 Å². The summed E-state index contributed by atoms with van der Waals surface area (Å²) in [7, 11) is 0. The predicted octanol–water partition coefficient (Wildman–Crippen LogP) is 4.70. The molecule has 3 heterocycles. The average Bonchev–Trinajstić information content (AvgIpc) is 3.32. The molecule has 0 atom stereocenters. The van der Waals surface area contributed by atoms with Gasteiger partial charge in [0.2, 0.25) is 11.8 Å². The summed E-state index contributed by atoms with van der Waals surface area (Å²) >= 11 is 0. The number of aryl methyl sites for hydroxylation is 1. The fourth-order valence-electron chi connectivity index (χ4n) is 6.06. The monoisotopic (exact) mass is 569 g/mol. The lowest BCUT2D eigenvalue weighted by molar-refractivity contribution is -0.138. The summed E-state index contributed by atoms with van der Waals surface area (Å²) in [6, 6.07) is 16.1. The normalized spacial score (nSPS) is 18.8. The molecule has 0 radical (unpaired) electrons. The van der Waals surface area contributed by atoms with Gasteiger partial charge in [-0.05, 0) is 67.7 Å². The van der Waals surface area contributed by atoms with Crippen molar-refractivity contribution in [2.75, 3.05) is 35.6 Å². The second-order valence-corrected chi connectivity index (χ2v) is 11.0. The number of rotatable bonds is 9. The summed E-state index contributed by atoms with van der Waals surface area (Å²) < 4.78 is 7.84. The number of carbonyl (C=O) groups excluding carboxylic acids is 1. The Bertz CT molecular complexity index is 1580. The number of nitrogens with one attached hydrogen (secondary N) is 1. The molecule has 1 fully saturated rings. The van der Waals surface area contributed by atoms with Crippen LogP contribution in [-0.2, 0) is 11.3 Å². The molecule has 1 amide bonds. The Morgan fingerprint density at radius 3 is 2.64 bits per heavy atom. The van der Waals surface area contributed by atoms with Crippen LogP contribution in [0, 0.1) is 5.92 Å². The highest BCUT2D eigenvalue weighted by atomic mass is 16.5. The van der Waals surface area contributed by atoms with E-state index in [4.69, 9.17) is 15.6 Å². The first kappa shape index (κ1) is 27.5. The lowest BCUT2D eigenvalue weighted by Gasteiger charge is -2.28. The van der Waals surface area contributed by atoms with Crippen LogP contribution < -0.4 is 20.7 Å². The summed E-state index contributed by atoms with van der Waals surface area (Å²) in [5, 5.41) is 17.8. The largest absolute Gasteiger partial charge is 0.481 e. The van der Waals surface area contributed by atoms with E-state index in [-0.39, 0.29) is 42.1 Å². The minimum Gasteiger partial charge on any atom is -0.481 e. The Labute approximate surface area is 243 Å². The number of nitrogen functional groups attached to an aromatic ring is 1. The molecule has 2 aliphatic rings. The van der Waals surface area contributed by atoms with Gasteiger partial charge in [0.1, 0.15) is 18.0 Å². The number of nitrogens with zero attached hydrogens (tertiary/aromatic N) is 5. The van der Waals surface area contributed by atoms with E-state index in [1.54, 1.807) is 4.90 Å². The number of aliphatic carboxylic acids is 1. The molecular formula is C31H35N7O4. The molecule has 6 rings (SSSR count). The zero-order valence-corrected chi connectivity index (χ0v) is 23.4. The minimum absolute atomic E-state index is 0.0761. The molecule has 42 heavy (non-hydrogen) atoms. The van der Waals surface area contributed by atoms with Crippen LogP contribution in [0.1, 0.15) is 60.4 Å². The van der Waals surface area contributed by atoms with Gasteiger partial charge >= 0.3 is 5.97 Å². The van der Waals surface area contributed by atoms with Gasteiger partial charge in [-0.15, -0.1) is 0 Å². The second-order valence-electron chi connectivity index (χ2n) is 11.0. The molecule has 0 bridgehead atoms. The Balaban J connectivity index is 1.08. The van der Waals surface area contributed by atoms with Crippen LogP contribution in [0.2, 0.25) is 0 Å². The van der Waals surface area contributed by atoms with Crippen molar-refractivity contribution >= 4 is 40.2 Å². The molecule has 4 N–H and O–H groups in total. The molecule has 0 saturated heterocycles. The third-order valence-electron chi connectivity index (χ3n) is 8.28. The molecule has 218 valence electrons. The van der Waals surface area contributed by atoms with Crippen LogP contribution in [0.5, 0.6) is 5.88 Å². The predicted molar refractivity (Wildman–Crippen MR) is 160 cm³/mol. The number of anilines is 3. The maximum Gasteiger partial charge on any atom is 0.303 e. The minimum atomic E-state index is -0.718. The number of nitrogens with two attached hydrogens (primary N) is 1. The van der Waals surface area contributed by atoms with E-state index in [0.29, 0.717) is 25.0 Å². The Morgan fingerprint density at radius 1 is 1.07 bits per heavy atom. The van der Waals surface area contributed by atoms with E-state index in [1.807, 2.05) is 41.2 Å². The van der Waals surface area contributed by atoms with Crippen LogP contribution in [-0.4, -0.2) is 56.4 Å². The molecular weight excluding hydrogens is 534 g/mol. The first-order chi connectivity index (χ1) is 20.5. The molecule has 11 nitrogen and oxygen atoms in total. The molecule has 1 saturated carbocycles. The lowest BCUT2D eigenvalue weighted by atomic mass is 9.77. The van der Waals surface area contributed by atoms with Crippen LogP contribution >= 0.6 is 0 Å². The van der Waals surface area contributed by atoms with E-state index in [0.717, 1.165) is 55.2 Å². The van der Waals surface area contributed by atoms with Crippen molar-refractivity contribution in [3.05, 3.63) is 65.9 Å². The first-order valence-electron chi connectivity index (χ1n) is 14.5. The first-order valence-corrected chi connectivity index (χ1v) is 14.5. The fraction of sp³-hybridized carbons (Fsp3) is 0.387. The van der Waals surface area contributed by atoms with Crippen molar-refractivity contribution in [3.63, 3.8) is 0 Å². The number of carboxylic acid groups (broad SMARTS) is 1. The molecule has 0 spiro atoms. The van der Waals surface area contributed by atoms with Crippen molar-refractivity contribution in [2.45, 2.75) is 51.0 Å². The summed E-state index contributed by atoms with van der Waals surface area (Å²) in [6.07, 6.45) is 6.71. The number of hydrogen-bond donors (Lipinski definition) is 3. The van der Waals surface area contributed by atoms with Crippen LogP contribution in [0.25, 0.3) is 10.9 Å². The number of amides is 1. The number of hydrogen-bond acceptors (Lipinski definition) is 8. The number of aromatic nitrogens is 4. The molecule has 11 heteroatoms. The third kappa shape index (κ3) is 5.86. The summed E-state index contributed by atoms with van der Waals surface area (Å²) in [5.41, 5.74) is 9.51. The molecule has 0 unspecified atom stereocenters. The number of benzene rings is 2. The zero-order chi connectivity index (χ0) is 29.1. The Kier molecular flexibility index (Phi) is 7.89. The highest BCUT2D eigenvalue weighted by Crippen LogP contribution is 2.38. The van der Waals surface area contributed by atoms with Crippen molar-refractivity contribution in [1.82, 2.24) is 19.7 Å². The van der Waals surface area contributed by atoms with Gasteiger partial charge in [0.15, 0.2) is 0 Å². The van der Waals surface area contributed by atoms with Crippen LogP contribution in [0.4, 0.5) is 17.5 Å². The molecule has 1 aliphatic heterocycles. The highest BCUT2D eigenvalue weighted by molar-refractivity contribution is 6.10. The quantitative estimate of drug-likeness (QED) is 0.244. The van der Waals surface area contributed by atoms with Gasteiger partial charge < -0.3 is 25.8 Å². The molecule has 4 aromatic rings. The average molecular weight is 570 g/mol. The number of carboxylic acids is 1. The van der Waals surface area contributed by atoms with Crippen molar-refractivity contribution in [3.8, 4) is 5.88 Å². The van der Waals surface area contributed by atoms with Gasteiger partial charge in [0.25, 0.3) is 5.91 Å². The third-order valence-corrected chi connectivity index (χ3v) is 8.28. The van der Waals surface area contributed by atoms with Gasteiger partial charge in [0, 0.05) is 30.6 Å². The Morgan fingerprint density at radius 2 is 1.86 bits per heavy atom. The second kappa shape index (κ2) is 12.1. The zero-order valence-electron chi connectivity index (χ0n) is 23.4. The van der Waals surface area contributed by atoms with Gasteiger partial charge in [-0.3, -0.25) is 14.3 Å². The van der Waals surface area contributed by atoms with Gasteiger partial charge in [-0.1, -0.05) is 30.3 Å².